The van der Waals surface area contributed by atoms with Crippen molar-refractivity contribution in [2.45, 2.75) is 72.1 Å². The molecule has 1 aromatic rings. The highest BCUT2D eigenvalue weighted by Crippen LogP contribution is 2.27. The van der Waals surface area contributed by atoms with Gasteiger partial charge in [-0.3, -0.25) is 4.79 Å². The number of hydrogen-bond acceptors (Lipinski definition) is 2. The molecule has 0 unspecified atom stereocenters. The summed E-state index contributed by atoms with van der Waals surface area (Å²) in [6.45, 7) is 11.8. The fraction of sp³-hybridized carbons (Fsp3) is 0.708. The molecule has 0 heterocycles. The fourth-order valence-electron chi connectivity index (χ4n) is 3.37. The number of quaternary nitrogens is 1. The van der Waals surface area contributed by atoms with E-state index < -0.39 is 0 Å². The minimum Gasteiger partial charge on any atom is -1.00 e. The van der Waals surface area contributed by atoms with Gasteiger partial charge in [0, 0.05) is 6.54 Å². The van der Waals surface area contributed by atoms with Gasteiger partial charge in [0.2, 0.25) is 0 Å². The third kappa shape index (κ3) is 12.3. The molecule has 0 bridgehead atoms. The summed E-state index contributed by atoms with van der Waals surface area (Å²) in [7, 11) is 4.27. The molecule has 4 nitrogen and oxygen atoms in total. The zero-order chi connectivity index (χ0) is 21.0. The van der Waals surface area contributed by atoms with Crippen molar-refractivity contribution in [2.24, 2.45) is 0 Å². The molecule has 0 fully saturated rings. The standard InChI is InChI=1S/C24H42N2O2.BrH/c1-7-8-9-10-15-25-24(27)19-26(5,6)16-11-12-17-28-23-18-21(4)13-14-22(23)20(2)3;/h13-14,18,20H,7-12,15-17,19H2,1-6H3;1H. The van der Waals surface area contributed by atoms with E-state index in [2.05, 4.69) is 65.3 Å². The number of carbonyl (C=O) groups excluding carboxylic acids is 1. The lowest BCUT2D eigenvalue weighted by molar-refractivity contribution is -0.882. The van der Waals surface area contributed by atoms with Gasteiger partial charge < -0.3 is 31.5 Å². The number of ether oxygens (including phenoxy) is 1. The normalized spacial score (nSPS) is 11.3. The number of hydrogen-bond donors (Lipinski definition) is 1. The van der Waals surface area contributed by atoms with Gasteiger partial charge in [-0.15, -0.1) is 0 Å². The highest BCUT2D eigenvalue weighted by Gasteiger charge is 2.19. The zero-order valence-electron chi connectivity index (χ0n) is 19.5. The molecule has 0 aliphatic carbocycles. The Morgan fingerprint density at radius 1 is 1.10 bits per heavy atom. The first-order valence-electron chi connectivity index (χ1n) is 11.1. The third-order valence-electron chi connectivity index (χ3n) is 5.13. The maximum Gasteiger partial charge on any atom is 0.275 e. The number of unbranched alkanes of at least 4 members (excludes halogenated alkanes) is 4. The molecular weight excluding hydrogens is 428 g/mol. The Balaban J connectivity index is 0.00000784. The number of amides is 1. The Labute approximate surface area is 189 Å². The lowest BCUT2D eigenvalue weighted by atomic mass is 10.0. The van der Waals surface area contributed by atoms with E-state index in [0.29, 0.717) is 12.5 Å². The molecule has 0 saturated carbocycles. The number of nitrogens with zero attached hydrogens (tertiary/aromatic N) is 1. The number of halogens is 1. The fourth-order valence-corrected chi connectivity index (χ4v) is 3.37. The van der Waals surface area contributed by atoms with Crippen molar-refractivity contribution in [1.29, 1.82) is 0 Å². The van der Waals surface area contributed by atoms with Crippen molar-refractivity contribution in [2.75, 3.05) is 40.3 Å². The maximum absolute atomic E-state index is 12.1. The summed E-state index contributed by atoms with van der Waals surface area (Å²) in [5.74, 6) is 1.65. The van der Waals surface area contributed by atoms with Crippen LogP contribution in [-0.2, 0) is 4.79 Å². The van der Waals surface area contributed by atoms with E-state index in [9.17, 15) is 4.79 Å². The van der Waals surface area contributed by atoms with E-state index in [1.165, 1.54) is 30.4 Å². The largest absolute Gasteiger partial charge is 1.00 e. The Bertz CT molecular complexity index is 588. The number of carbonyl (C=O) groups is 1. The molecule has 5 heteroatoms. The van der Waals surface area contributed by atoms with Crippen LogP contribution in [0.25, 0.3) is 0 Å². The summed E-state index contributed by atoms with van der Waals surface area (Å²) in [5, 5.41) is 3.06. The molecule has 29 heavy (non-hydrogen) atoms. The summed E-state index contributed by atoms with van der Waals surface area (Å²) in [6, 6.07) is 6.47. The van der Waals surface area contributed by atoms with Crippen molar-refractivity contribution in [3.8, 4) is 5.75 Å². The molecule has 0 spiro atoms. The first-order chi connectivity index (χ1) is 13.2. The van der Waals surface area contributed by atoms with Gasteiger partial charge >= 0.3 is 0 Å². The Morgan fingerprint density at radius 2 is 1.83 bits per heavy atom. The Morgan fingerprint density at radius 3 is 2.48 bits per heavy atom. The molecule has 1 amide bonds. The van der Waals surface area contributed by atoms with Crippen LogP contribution in [0.1, 0.15) is 76.3 Å². The zero-order valence-corrected chi connectivity index (χ0v) is 21.1. The number of nitrogens with one attached hydrogen (secondary N) is 1. The third-order valence-corrected chi connectivity index (χ3v) is 5.13. The first-order valence-corrected chi connectivity index (χ1v) is 11.1. The molecule has 0 aromatic heterocycles. The second-order valence-corrected chi connectivity index (χ2v) is 8.98. The second-order valence-electron chi connectivity index (χ2n) is 8.98. The van der Waals surface area contributed by atoms with Gasteiger partial charge in [0.1, 0.15) is 5.75 Å². The molecule has 0 saturated heterocycles. The predicted octanol–water partition coefficient (Wildman–Crippen LogP) is 2.05. The van der Waals surface area contributed by atoms with E-state index in [1.807, 2.05) is 0 Å². The van der Waals surface area contributed by atoms with Crippen LogP contribution in [0, 0.1) is 6.92 Å². The van der Waals surface area contributed by atoms with Gasteiger partial charge in [-0.05, 0) is 49.3 Å². The van der Waals surface area contributed by atoms with Crippen molar-refractivity contribution in [3.63, 3.8) is 0 Å². The van der Waals surface area contributed by atoms with Gasteiger partial charge in [-0.1, -0.05) is 52.2 Å². The van der Waals surface area contributed by atoms with Gasteiger partial charge in [0.05, 0.1) is 27.2 Å². The predicted molar refractivity (Wildman–Crippen MR) is 119 cm³/mol. The molecule has 1 N–H and O–H groups in total. The first kappa shape index (κ1) is 27.9. The average molecular weight is 472 g/mol. The van der Waals surface area contributed by atoms with E-state index in [4.69, 9.17) is 4.74 Å². The van der Waals surface area contributed by atoms with E-state index in [1.54, 1.807) is 0 Å². The maximum atomic E-state index is 12.1. The second kappa shape index (κ2) is 14.8. The van der Waals surface area contributed by atoms with Crippen LogP contribution >= 0.6 is 0 Å². The molecule has 0 radical (unpaired) electrons. The summed E-state index contributed by atoms with van der Waals surface area (Å²) < 4.78 is 6.80. The van der Waals surface area contributed by atoms with Crippen LogP contribution in [-0.4, -0.2) is 50.7 Å². The lowest BCUT2D eigenvalue weighted by Gasteiger charge is -2.29. The van der Waals surface area contributed by atoms with Crippen LogP contribution in [0.15, 0.2) is 18.2 Å². The highest BCUT2D eigenvalue weighted by molar-refractivity contribution is 5.76. The Hall–Kier alpha value is -1.07. The summed E-state index contributed by atoms with van der Waals surface area (Å²) in [5.41, 5.74) is 2.51. The summed E-state index contributed by atoms with van der Waals surface area (Å²) in [6.07, 6.45) is 6.83. The minimum atomic E-state index is 0. The van der Waals surface area contributed by atoms with Crippen LogP contribution in [0.5, 0.6) is 5.75 Å². The molecule has 0 aliphatic heterocycles. The van der Waals surface area contributed by atoms with Crippen molar-refractivity contribution < 1.29 is 31.0 Å². The topological polar surface area (TPSA) is 38.3 Å². The van der Waals surface area contributed by atoms with Gasteiger partial charge in [0.25, 0.3) is 5.91 Å². The van der Waals surface area contributed by atoms with E-state index >= 15 is 0 Å². The van der Waals surface area contributed by atoms with Gasteiger partial charge in [-0.2, -0.15) is 0 Å². The van der Waals surface area contributed by atoms with Crippen LogP contribution in [0.2, 0.25) is 0 Å². The monoisotopic (exact) mass is 470 g/mol. The smallest absolute Gasteiger partial charge is 0.275 e. The van der Waals surface area contributed by atoms with E-state index in [0.717, 1.165) is 49.2 Å². The van der Waals surface area contributed by atoms with Crippen LogP contribution < -0.4 is 27.0 Å². The average Bonchev–Trinajstić information content (AvgIpc) is 2.60. The molecule has 0 atom stereocenters. The lowest BCUT2D eigenvalue weighted by Crippen LogP contribution is -3.00. The number of benzene rings is 1. The highest BCUT2D eigenvalue weighted by atomic mass is 79.9. The number of likely N-dealkylation sites (N-methyl/N-ethyl adjacent to an activating group) is 1. The quantitative estimate of drug-likeness (QED) is 0.333. The summed E-state index contributed by atoms with van der Waals surface area (Å²) in [4.78, 5) is 12.1. The molecule has 0 aliphatic rings. The number of aryl methyl sites for hydroxylation is 1. The van der Waals surface area contributed by atoms with Gasteiger partial charge in [-0.25, -0.2) is 0 Å². The molecule has 1 rings (SSSR count). The van der Waals surface area contributed by atoms with Crippen molar-refractivity contribution in [3.05, 3.63) is 29.3 Å². The summed E-state index contributed by atoms with van der Waals surface area (Å²) >= 11 is 0. The van der Waals surface area contributed by atoms with Crippen LogP contribution in [0.3, 0.4) is 0 Å². The van der Waals surface area contributed by atoms with Crippen molar-refractivity contribution in [1.82, 2.24) is 5.32 Å². The SMILES string of the molecule is CCCCCCNC(=O)C[N+](C)(C)CCCCOc1cc(C)ccc1C(C)C.[Br-]. The Kier molecular flexibility index (Phi) is 14.3. The number of rotatable bonds is 14. The molecule has 168 valence electrons. The molecular formula is C24H43BrN2O2. The van der Waals surface area contributed by atoms with Crippen LogP contribution in [0.4, 0.5) is 0 Å². The van der Waals surface area contributed by atoms with Crippen molar-refractivity contribution >= 4 is 5.91 Å². The molecule has 1 aromatic carbocycles. The minimum absolute atomic E-state index is 0. The van der Waals surface area contributed by atoms with Gasteiger partial charge in [0.15, 0.2) is 6.54 Å². The van der Waals surface area contributed by atoms with E-state index in [-0.39, 0.29) is 22.9 Å².